The van der Waals surface area contributed by atoms with E-state index >= 15 is 0 Å². The molecule has 2 aromatic rings. The number of nitrogens with one attached hydrogen (secondary N) is 1. The normalized spacial score (nSPS) is 19.9. The molecule has 40 heavy (non-hydrogen) atoms. The van der Waals surface area contributed by atoms with Crippen LogP contribution in [0.2, 0.25) is 0 Å². The van der Waals surface area contributed by atoms with E-state index < -0.39 is 54.2 Å². The van der Waals surface area contributed by atoms with E-state index in [0.29, 0.717) is 5.75 Å². The van der Waals surface area contributed by atoms with Crippen molar-refractivity contribution >= 4 is 23.8 Å². The highest BCUT2D eigenvalue weighted by Crippen LogP contribution is 2.31. The molecule has 2 aromatic carbocycles. The minimum Gasteiger partial charge on any atom is -0.497 e. The van der Waals surface area contributed by atoms with Gasteiger partial charge in [-0.2, -0.15) is 13.2 Å². The predicted molar refractivity (Wildman–Crippen MR) is 133 cm³/mol. The molecule has 2 heterocycles. The van der Waals surface area contributed by atoms with Crippen LogP contribution >= 0.6 is 0 Å². The molecular weight excluding hydrogens is 535 g/mol. The lowest BCUT2D eigenvalue weighted by Gasteiger charge is -2.54. The summed E-state index contributed by atoms with van der Waals surface area (Å²) in [6.07, 6.45) is -6.41. The summed E-state index contributed by atoms with van der Waals surface area (Å²) >= 11 is 0. The van der Waals surface area contributed by atoms with E-state index in [2.05, 4.69) is 5.32 Å². The number of ether oxygens (including phenoxy) is 1. The molecule has 214 valence electrons. The van der Waals surface area contributed by atoms with Gasteiger partial charge in [0.15, 0.2) is 0 Å². The number of benzene rings is 2. The van der Waals surface area contributed by atoms with E-state index in [1.165, 1.54) is 41.2 Å². The number of carboxylic acid groups (broad SMARTS) is 1. The summed E-state index contributed by atoms with van der Waals surface area (Å²) in [5, 5.41) is 14.8. The number of urea groups is 1. The van der Waals surface area contributed by atoms with Crippen molar-refractivity contribution in [2.45, 2.75) is 37.9 Å². The molecule has 2 N–H and O–H groups in total. The van der Waals surface area contributed by atoms with Gasteiger partial charge in [0.25, 0.3) is 0 Å². The summed E-state index contributed by atoms with van der Waals surface area (Å²) in [7, 11) is 3.03. The predicted octanol–water partition coefficient (Wildman–Crippen LogP) is 2.13. The number of aliphatic carboxylic acids is 1. The molecule has 2 aliphatic rings. The maximum Gasteiger partial charge on any atom is 0.416 e. The van der Waals surface area contributed by atoms with Crippen molar-refractivity contribution in [2.75, 3.05) is 27.2 Å². The minimum atomic E-state index is -4.60. The lowest BCUT2D eigenvalue weighted by molar-refractivity contribution is -0.189. The smallest absolute Gasteiger partial charge is 0.416 e. The molecule has 14 heteroatoms. The van der Waals surface area contributed by atoms with Crippen LogP contribution < -0.4 is 10.1 Å². The van der Waals surface area contributed by atoms with Crippen LogP contribution in [0, 0.1) is 0 Å². The second kappa shape index (κ2) is 11.4. The van der Waals surface area contributed by atoms with Gasteiger partial charge in [-0.25, -0.2) is 14.8 Å². The third kappa shape index (κ3) is 6.11. The lowest BCUT2D eigenvalue weighted by atomic mass is 10.0. The zero-order chi connectivity index (χ0) is 29.2. The molecule has 0 bridgehead atoms. The Bertz CT molecular complexity index is 1290. The van der Waals surface area contributed by atoms with Crippen molar-refractivity contribution < 1.29 is 42.2 Å². The monoisotopic (exact) mass is 563 g/mol. The van der Waals surface area contributed by atoms with Gasteiger partial charge >= 0.3 is 18.2 Å². The van der Waals surface area contributed by atoms with Crippen LogP contribution in [0.4, 0.5) is 18.0 Å². The number of hydrogen-bond donors (Lipinski definition) is 2. The largest absolute Gasteiger partial charge is 0.497 e. The maximum atomic E-state index is 13.4. The molecule has 11 nitrogen and oxygen atoms in total. The lowest BCUT2D eigenvalue weighted by Crippen LogP contribution is -2.76. The van der Waals surface area contributed by atoms with E-state index in [0.717, 1.165) is 22.6 Å². The highest BCUT2D eigenvalue weighted by molar-refractivity contribution is 5.93. The van der Waals surface area contributed by atoms with Crippen LogP contribution in [0.15, 0.2) is 48.5 Å². The van der Waals surface area contributed by atoms with Gasteiger partial charge < -0.3 is 25.0 Å². The average molecular weight is 564 g/mol. The van der Waals surface area contributed by atoms with E-state index in [1.807, 2.05) is 0 Å². The Morgan fingerprint density at radius 3 is 2.42 bits per heavy atom. The van der Waals surface area contributed by atoms with E-state index in [-0.39, 0.29) is 31.7 Å². The Hall–Kier alpha value is -4.33. The molecule has 4 amide bonds. The highest BCUT2D eigenvalue weighted by atomic mass is 19.4. The fourth-order valence-corrected chi connectivity index (χ4v) is 4.88. The van der Waals surface area contributed by atoms with E-state index in [4.69, 9.17) is 4.74 Å². The third-order valence-corrected chi connectivity index (χ3v) is 6.75. The van der Waals surface area contributed by atoms with Gasteiger partial charge in [0.2, 0.25) is 11.8 Å². The first kappa shape index (κ1) is 28.7. The fraction of sp³-hybridized carbons (Fsp3) is 0.385. The van der Waals surface area contributed by atoms with Crippen LogP contribution in [-0.4, -0.2) is 88.2 Å². The van der Waals surface area contributed by atoms with Gasteiger partial charge in [0.1, 0.15) is 18.0 Å². The van der Waals surface area contributed by atoms with Gasteiger partial charge in [0.05, 0.1) is 32.2 Å². The van der Waals surface area contributed by atoms with Crippen LogP contribution in [0.3, 0.4) is 0 Å². The SMILES string of the molecule is COc1ccc(CNC(=O)N2[C@H]3CN(Cc4cccc(C(F)(F)F)c4)C(=O)[C@H](CC(=O)O)N3C(=O)CN2C)cc1. The Labute approximate surface area is 227 Å². The summed E-state index contributed by atoms with van der Waals surface area (Å²) in [5.41, 5.74) is 0.0254. The number of carboxylic acids is 1. The van der Waals surface area contributed by atoms with Crippen LogP contribution in [-0.2, 0) is 33.6 Å². The number of carbonyl (C=O) groups excluding carboxylic acids is 3. The number of methoxy groups -OCH3 is 1. The molecule has 0 aromatic heterocycles. The summed E-state index contributed by atoms with van der Waals surface area (Å²) in [6.45, 7) is -0.678. The van der Waals surface area contributed by atoms with Crippen molar-refractivity contribution in [3.8, 4) is 5.75 Å². The number of hydrogen-bond acceptors (Lipinski definition) is 6. The number of piperazine rings is 1. The number of amides is 4. The quantitative estimate of drug-likeness (QED) is 0.529. The Morgan fingerprint density at radius 1 is 1.10 bits per heavy atom. The van der Waals surface area contributed by atoms with Crippen LogP contribution in [0.1, 0.15) is 23.1 Å². The van der Waals surface area contributed by atoms with Crippen LogP contribution in [0.25, 0.3) is 0 Å². The molecule has 0 saturated carbocycles. The van der Waals surface area contributed by atoms with Crippen LogP contribution in [0.5, 0.6) is 5.75 Å². The fourth-order valence-electron chi connectivity index (χ4n) is 4.88. The Balaban J connectivity index is 1.61. The summed E-state index contributed by atoms with van der Waals surface area (Å²) < 4.78 is 44.9. The van der Waals surface area contributed by atoms with Crippen molar-refractivity contribution in [3.63, 3.8) is 0 Å². The first-order chi connectivity index (χ1) is 18.9. The van der Waals surface area contributed by atoms with Crippen molar-refractivity contribution in [1.29, 1.82) is 0 Å². The molecule has 2 atom stereocenters. The number of halogens is 3. The second-order valence-electron chi connectivity index (χ2n) is 9.48. The maximum absolute atomic E-state index is 13.4. The van der Waals surface area contributed by atoms with Gasteiger partial charge in [0, 0.05) is 20.1 Å². The van der Waals surface area contributed by atoms with E-state index in [9.17, 15) is 37.5 Å². The number of rotatable bonds is 7. The first-order valence-electron chi connectivity index (χ1n) is 12.3. The number of carbonyl (C=O) groups is 4. The van der Waals surface area contributed by atoms with Crippen molar-refractivity contribution in [1.82, 2.24) is 25.1 Å². The second-order valence-corrected chi connectivity index (χ2v) is 9.48. The third-order valence-electron chi connectivity index (χ3n) is 6.75. The Morgan fingerprint density at radius 2 is 1.80 bits per heavy atom. The number of nitrogens with zero attached hydrogens (tertiary/aromatic N) is 4. The summed E-state index contributed by atoms with van der Waals surface area (Å²) in [5.74, 6) is -1.99. The molecule has 2 saturated heterocycles. The summed E-state index contributed by atoms with van der Waals surface area (Å²) in [4.78, 5) is 53.7. The average Bonchev–Trinajstić information content (AvgIpc) is 2.89. The zero-order valence-electron chi connectivity index (χ0n) is 21.7. The zero-order valence-corrected chi connectivity index (χ0v) is 21.7. The van der Waals surface area contributed by atoms with E-state index in [1.54, 1.807) is 24.3 Å². The number of fused-ring (bicyclic) bond motifs is 1. The molecule has 0 radical (unpaired) electrons. The first-order valence-corrected chi connectivity index (χ1v) is 12.3. The van der Waals surface area contributed by atoms with Crippen molar-refractivity contribution in [3.05, 3.63) is 65.2 Å². The van der Waals surface area contributed by atoms with Gasteiger partial charge in [-0.1, -0.05) is 24.3 Å². The van der Waals surface area contributed by atoms with Gasteiger partial charge in [-0.05, 0) is 35.4 Å². The molecule has 4 rings (SSSR count). The molecule has 2 fully saturated rings. The van der Waals surface area contributed by atoms with Gasteiger partial charge in [-0.15, -0.1) is 0 Å². The number of alkyl halides is 3. The van der Waals surface area contributed by atoms with Gasteiger partial charge in [-0.3, -0.25) is 14.4 Å². The molecule has 0 aliphatic carbocycles. The molecule has 2 aliphatic heterocycles. The highest BCUT2D eigenvalue weighted by Gasteiger charge is 2.51. The summed E-state index contributed by atoms with van der Waals surface area (Å²) in [6, 6.07) is 9.35. The topological polar surface area (TPSA) is 123 Å². The number of likely N-dealkylation sites (N-methyl/N-ethyl adjacent to an activating group) is 1. The minimum absolute atomic E-state index is 0.124. The Kier molecular flexibility index (Phi) is 8.18. The standard InChI is InChI=1S/C26H28F3N5O6/c1-31-15-22(35)33-20(11-23(36)37)24(38)32(13-17-4-3-5-18(10-17)26(27,28)29)14-21(33)34(31)25(39)30-12-16-6-8-19(40-2)9-7-16/h3-10,20-21H,11-15H2,1-2H3,(H,30,39)(H,36,37)/t20-,21-/m0/s1. The number of hydrazine groups is 1. The molecule has 0 spiro atoms. The molecular formula is C26H28F3N5O6. The molecule has 0 unspecified atom stereocenters. The van der Waals surface area contributed by atoms with Crippen molar-refractivity contribution in [2.24, 2.45) is 0 Å².